The molecule has 0 saturated carbocycles. The molecule has 1 heterocycles. The van der Waals surface area contributed by atoms with Crippen molar-refractivity contribution in [3.63, 3.8) is 0 Å². The van der Waals surface area contributed by atoms with E-state index in [1.807, 2.05) is 7.11 Å². The Kier molecular flexibility index (Phi) is 6.22. The van der Waals surface area contributed by atoms with Crippen molar-refractivity contribution < 1.29 is 4.74 Å². The Balaban J connectivity index is 1.93. The topological polar surface area (TPSA) is 24.5 Å². The minimum absolute atomic E-state index is 0.424. The molecular weight excluding hydrogens is 260 g/mol. The zero-order valence-corrected chi connectivity index (χ0v) is 14.0. The average molecular weight is 290 g/mol. The number of methoxy groups -OCH3 is 1. The van der Waals surface area contributed by atoms with Crippen LogP contribution in [0.25, 0.3) is 0 Å². The molecule has 1 N–H and O–H groups in total. The maximum atomic E-state index is 5.51. The maximum Gasteiger partial charge on any atom is 0.0698 e. The van der Waals surface area contributed by atoms with Crippen molar-refractivity contribution in [3.05, 3.63) is 34.9 Å². The molecule has 21 heavy (non-hydrogen) atoms. The monoisotopic (exact) mass is 290 g/mol. The number of hydrogen-bond acceptors (Lipinski definition) is 3. The normalized spacial score (nSPS) is 21.4. The summed E-state index contributed by atoms with van der Waals surface area (Å²) in [6, 6.07) is 7.29. The molecule has 0 aromatic heterocycles. The largest absolute Gasteiger partial charge is 0.380 e. The fourth-order valence-electron chi connectivity index (χ4n) is 3.41. The number of nitrogens with zero attached hydrogens (tertiary/aromatic N) is 1. The lowest BCUT2D eigenvalue weighted by molar-refractivity contribution is 0.0302. The predicted molar refractivity (Wildman–Crippen MR) is 88.8 cm³/mol. The number of ether oxygens (including phenoxy) is 1. The second-order valence-electron chi connectivity index (χ2n) is 6.35. The summed E-state index contributed by atoms with van der Waals surface area (Å²) < 4.78 is 5.51. The molecule has 2 unspecified atom stereocenters. The summed E-state index contributed by atoms with van der Waals surface area (Å²) in [7, 11) is 3.90. The van der Waals surface area contributed by atoms with Gasteiger partial charge in [0.05, 0.1) is 6.10 Å². The fourth-order valence-corrected chi connectivity index (χ4v) is 3.41. The molecule has 0 radical (unpaired) electrons. The highest BCUT2D eigenvalue weighted by atomic mass is 16.5. The minimum atomic E-state index is 0.424. The van der Waals surface area contributed by atoms with Gasteiger partial charge < -0.3 is 15.0 Å². The van der Waals surface area contributed by atoms with E-state index in [9.17, 15) is 0 Å². The summed E-state index contributed by atoms with van der Waals surface area (Å²) >= 11 is 0. The van der Waals surface area contributed by atoms with Crippen molar-refractivity contribution in [3.8, 4) is 0 Å². The lowest BCUT2D eigenvalue weighted by Crippen LogP contribution is -2.40. The van der Waals surface area contributed by atoms with E-state index < -0.39 is 0 Å². The molecule has 2 atom stereocenters. The molecule has 0 spiro atoms. The SMILES string of the molecule is CNC(CCN1CCCC(OC)C1)c1cc(C)cc(C)c1. The first-order valence-corrected chi connectivity index (χ1v) is 8.13. The number of hydrogen-bond donors (Lipinski definition) is 1. The van der Waals surface area contributed by atoms with Crippen LogP contribution in [0.2, 0.25) is 0 Å². The number of rotatable bonds is 6. The molecule has 1 fully saturated rings. The Morgan fingerprint density at radius 2 is 2.00 bits per heavy atom. The first-order valence-electron chi connectivity index (χ1n) is 8.13. The first-order chi connectivity index (χ1) is 10.1. The van der Waals surface area contributed by atoms with Crippen LogP contribution in [0.1, 0.15) is 42.0 Å². The highest BCUT2D eigenvalue weighted by Crippen LogP contribution is 2.21. The zero-order valence-electron chi connectivity index (χ0n) is 14.0. The summed E-state index contributed by atoms with van der Waals surface area (Å²) in [6.45, 7) is 7.79. The van der Waals surface area contributed by atoms with Gasteiger partial charge in [-0.25, -0.2) is 0 Å². The van der Waals surface area contributed by atoms with Gasteiger partial charge in [0.1, 0.15) is 0 Å². The van der Waals surface area contributed by atoms with E-state index in [4.69, 9.17) is 4.74 Å². The van der Waals surface area contributed by atoms with Gasteiger partial charge in [-0.05, 0) is 52.3 Å². The van der Waals surface area contributed by atoms with Gasteiger partial charge >= 0.3 is 0 Å². The summed E-state index contributed by atoms with van der Waals surface area (Å²) in [4.78, 5) is 2.55. The van der Waals surface area contributed by atoms with E-state index in [2.05, 4.69) is 49.3 Å². The highest BCUT2D eigenvalue weighted by molar-refractivity contribution is 5.30. The van der Waals surface area contributed by atoms with Crippen molar-refractivity contribution in [2.24, 2.45) is 0 Å². The Hall–Kier alpha value is -0.900. The van der Waals surface area contributed by atoms with Gasteiger partial charge in [-0.3, -0.25) is 0 Å². The van der Waals surface area contributed by atoms with Gasteiger partial charge in [0, 0.05) is 26.2 Å². The maximum absolute atomic E-state index is 5.51. The third-order valence-electron chi connectivity index (χ3n) is 4.52. The van der Waals surface area contributed by atoms with Crippen molar-refractivity contribution in [1.29, 1.82) is 0 Å². The van der Waals surface area contributed by atoms with E-state index >= 15 is 0 Å². The molecule has 3 heteroatoms. The minimum Gasteiger partial charge on any atom is -0.380 e. The van der Waals surface area contributed by atoms with Crippen molar-refractivity contribution >= 4 is 0 Å². The van der Waals surface area contributed by atoms with Gasteiger partial charge in [-0.15, -0.1) is 0 Å². The molecule has 0 bridgehead atoms. The number of aryl methyl sites for hydroxylation is 2. The standard InChI is InChI=1S/C18H30N2O/c1-14-10-15(2)12-16(11-14)18(19-3)7-9-20-8-5-6-17(13-20)21-4/h10-12,17-19H,5-9,13H2,1-4H3. The van der Waals surface area contributed by atoms with Crippen LogP contribution in [-0.4, -0.2) is 44.8 Å². The quantitative estimate of drug-likeness (QED) is 0.871. The lowest BCUT2D eigenvalue weighted by atomic mass is 9.98. The number of likely N-dealkylation sites (tertiary alicyclic amines) is 1. The lowest BCUT2D eigenvalue weighted by Gasteiger charge is -2.33. The summed E-state index contributed by atoms with van der Waals surface area (Å²) in [5.41, 5.74) is 4.11. The van der Waals surface area contributed by atoms with Crippen LogP contribution in [0.5, 0.6) is 0 Å². The summed E-state index contributed by atoms with van der Waals surface area (Å²) in [5, 5.41) is 3.48. The van der Waals surface area contributed by atoms with Crippen LogP contribution in [-0.2, 0) is 4.74 Å². The first kappa shape index (κ1) is 16.5. The summed E-state index contributed by atoms with van der Waals surface area (Å²) in [6.07, 6.45) is 4.04. The van der Waals surface area contributed by atoms with E-state index in [1.54, 1.807) is 0 Å². The molecule has 1 aliphatic heterocycles. The highest BCUT2D eigenvalue weighted by Gasteiger charge is 2.20. The molecule has 2 rings (SSSR count). The van der Waals surface area contributed by atoms with Crippen LogP contribution >= 0.6 is 0 Å². The van der Waals surface area contributed by atoms with Crippen molar-refractivity contribution in [2.45, 2.75) is 45.3 Å². The van der Waals surface area contributed by atoms with Gasteiger partial charge in [0.2, 0.25) is 0 Å². The fraction of sp³-hybridized carbons (Fsp3) is 0.667. The van der Waals surface area contributed by atoms with Crippen LogP contribution in [0.15, 0.2) is 18.2 Å². The molecule has 3 nitrogen and oxygen atoms in total. The van der Waals surface area contributed by atoms with Crippen molar-refractivity contribution in [1.82, 2.24) is 10.2 Å². The Labute approximate surface area is 129 Å². The van der Waals surface area contributed by atoms with Crippen molar-refractivity contribution in [2.75, 3.05) is 33.8 Å². The van der Waals surface area contributed by atoms with Crippen LogP contribution in [0, 0.1) is 13.8 Å². The van der Waals surface area contributed by atoms with E-state index in [1.165, 1.54) is 36.1 Å². The van der Waals surface area contributed by atoms with E-state index in [-0.39, 0.29) is 0 Å². The second kappa shape index (κ2) is 7.92. The zero-order chi connectivity index (χ0) is 15.2. The summed E-state index contributed by atoms with van der Waals surface area (Å²) in [5.74, 6) is 0. The van der Waals surface area contributed by atoms with Gasteiger partial charge in [-0.2, -0.15) is 0 Å². The van der Waals surface area contributed by atoms with Crippen LogP contribution < -0.4 is 5.32 Å². The Morgan fingerprint density at radius 3 is 2.62 bits per heavy atom. The predicted octanol–water partition coefficient (Wildman–Crippen LogP) is 3.06. The Bertz CT molecular complexity index is 427. The number of piperidine rings is 1. The third-order valence-corrected chi connectivity index (χ3v) is 4.52. The van der Waals surface area contributed by atoms with Gasteiger partial charge in [0.15, 0.2) is 0 Å². The number of benzene rings is 1. The molecular formula is C18H30N2O. The molecule has 118 valence electrons. The molecule has 0 amide bonds. The third kappa shape index (κ3) is 4.80. The van der Waals surface area contributed by atoms with Crippen LogP contribution in [0.4, 0.5) is 0 Å². The Morgan fingerprint density at radius 1 is 1.29 bits per heavy atom. The molecule has 1 aromatic carbocycles. The smallest absolute Gasteiger partial charge is 0.0698 e. The molecule has 1 aromatic rings. The van der Waals surface area contributed by atoms with E-state index in [0.29, 0.717) is 12.1 Å². The van der Waals surface area contributed by atoms with Gasteiger partial charge in [0.25, 0.3) is 0 Å². The molecule has 1 saturated heterocycles. The van der Waals surface area contributed by atoms with Crippen LogP contribution in [0.3, 0.4) is 0 Å². The number of nitrogens with one attached hydrogen (secondary N) is 1. The molecule has 1 aliphatic rings. The van der Waals surface area contributed by atoms with Gasteiger partial charge in [-0.1, -0.05) is 29.3 Å². The molecule has 0 aliphatic carbocycles. The second-order valence-corrected chi connectivity index (χ2v) is 6.35. The average Bonchev–Trinajstić information content (AvgIpc) is 2.47. The van der Waals surface area contributed by atoms with E-state index in [0.717, 1.165) is 19.5 Å².